The summed E-state index contributed by atoms with van der Waals surface area (Å²) in [5.41, 5.74) is 2.40. The van der Waals surface area contributed by atoms with Crippen molar-refractivity contribution >= 4 is 22.4 Å². The Kier molecular flexibility index (Phi) is 6.70. The number of aromatic nitrogens is 3. The Balaban J connectivity index is 1.74. The second-order valence-electron chi connectivity index (χ2n) is 7.14. The summed E-state index contributed by atoms with van der Waals surface area (Å²) < 4.78 is 16.0. The molecule has 1 atom stereocenters. The van der Waals surface area contributed by atoms with E-state index in [1.807, 2.05) is 24.3 Å². The van der Waals surface area contributed by atoms with E-state index in [9.17, 15) is 4.79 Å². The van der Waals surface area contributed by atoms with E-state index in [0.29, 0.717) is 34.3 Å². The van der Waals surface area contributed by atoms with Gasteiger partial charge in [-0.25, -0.2) is 4.98 Å². The van der Waals surface area contributed by atoms with Crippen molar-refractivity contribution in [1.29, 1.82) is 0 Å². The minimum absolute atomic E-state index is 0.122. The van der Waals surface area contributed by atoms with E-state index >= 15 is 0 Å². The number of fused-ring (bicyclic) bond motifs is 1. The van der Waals surface area contributed by atoms with Crippen LogP contribution in [-0.4, -0.2) is 53.3 Å². The maximum Gasteiger partial charge on any atom is 0.231 e. The zero-order valence-corrected chi connectivity index (χ0v) is 18.2. The van der Waals surface area contributed by atoms with Crippen LogP contribution >= 0.6 is 0 Å². The van der Waals surface area contributed by atoms with Gasteiger partial charge in [-0.1, -0.05) is 18.2 Å². The number of para-hydroxylation sites is 1. The SMILES string of the molecule is COc1cc(NC(C(=O)c2c[nH]c3ccccc23)c2cnc(OC)cn2)cc(OCCO)c1. The molecular weight excluding hydrogens is 424 g/mol. The van der Waals surface area contributed by atoms with Gasteiger partial charge in [0.15, 0.2) is 5.78 Å². The van der Waals surface area contributed by atoms with Crippen molar-refractivity contribution in [3.8, 4) is 17.4 Å². The lowest BCUT2D eigenvalue weighted by molar-refractivity contribution is 0.0969. The number of aromatic amines is 1. The van der Waals surface area contributed by atoms with Crippen LogP contribution in [0.2, 0.25) is 0 Å². The first-order valence-corrected chi connectivity index (χ1v) is 10.3. The van der Waals surface area contributed by atoms with E-state index in [-0.39, 0.29) is 19.0 Å². The third-order valence-electron chi connectivity index (χ3n) is 5.06. The average Bonchev–Trinajstić information content (AvgIpc) is 3.30. The van der Waals surface area contributed by atoms with Gasteiger partial charge < -0.3 is 29.6 Å². The van der Waals surface area contributed by atoms with E-state index < -0.39 is 6.04 Å². The Hall–Kier alpha value is -4.11. The predicted molar refractivity (Wildman–Crippen MR) is 123 cm³/mol. The summed E-state index contributed by atoms with van der Waals surface area (Å²) in [5, 5.41) is 13.1. The molecule has 3 N–H and O–H groups in total. The lowest BCUT2D eigenvalue weighted by atomic mass is 10.0. The molecule has 0 aliphatic carbocycles. The zero-order chi connectivity index (χ0) is 23.2. The molecule has 2 aromatic heterocycles. The maximum absolute atomic E-state index is 13.7. The molecule has 170 valence electrons. The van der Waals surface area contributed by atoms with Crippen molar-refractivity contribution in [3.63, 3.8) is 0 Å². The number of rotatable bonds is 10. The lowest BCUT2D eigenvalue weighted by Crippen LogP contribution is -2.22. The highest BCUT2D eigenvalue weighted by atomic mass is 16.5. The number of nitrogens with one attached hydrogen (secondary N) is 2. The molecule has 0 aliphatic heterocycles. The number of ether oxygens (including phenoxy) is 3. The zero-order valence-electron chi connectivity index (χ0n) is 18.2. The molecule has 0 saturated heterocycles. The van der Waals surface area contributed by atoms with E-state index in [0.717, 1.165) is 10.9 Å². The molecule has 2 heterocycles. The van der Waals surface area contributed by atoms with Gasteiger partial charge >= 0.3 is 0 Å². The number of benzene rings is 2. The van der Waals surface area contributed by atoms with E-state index in [4.69, 9.17) is 19.3 Å². The van der Waals surface area contributed by atoms with Crippen molar-refractivity contribution in [2.75, 3.05) is 32.8 Å². The lowest BCUT2D eigenvalue weighted by Gasteiger charge is -2.19. The quantitative estimate of drug-likeness (QED) is 0.316. The molecule has 0 amide bonds. The smallest absolute Gasteiger partial charge is 0.231 e. The first-order chi connectivity index (χ1) is 16.1. The number of carbonyl (C=O) groups is 1. The number of aliphatic hydroxyl groups excluding tert-OH is 1. The fraction of sp³-hybridized carbons (Fsp3) is 0.208. The normalized spacial score (nSPS) is 11.7. The second-order valence-corrected chi connectivity index (χ2v) is 7.14. The van der Waals surface area contributed by atoms with Crippen LogP contribution in [0.5, 0.6) is 17.4 Å². The minimum Gasteiger partial charge on any atom is -0.497 e. The summed E-state index contributed by atoms with van der Waals surface area (Å²) in [4.78, 5) is 25.5. The van der Waals surface area contributed by atoms with Crippen molar-refractivity contribution in [2.24, 2.45) is 0 Å². The van der Waals surface area contributed by atoms with Gasteiger partial charge in [0.05, 0.1) is 38.9 Å². The first kappa shape index (κ1) is 22.1. The van der Waals surface area contributed by atoms with Crippen LogP contribution in [-0.2, 0) is 0 Å². The highest BCUT2D eigenvalue weighted by Gasteiger charge is 2.26. The van der Waals surface area contributed by atoms with Crippen LogP contribution in [0.25, 0.3) is 10.9 Å². The van der Waals surface area contributed by atoms with E-state index in [2.05, 4.69) is 20.3 Å². The third-order valence-corrected chi connectivity index (χ3v) is 5.06. The number of aliphatic hydroxyl groups is 1. The molecule has 0 saturated carbocycles. The van der Waals surface area contributed by atoms with Gasteiger partial charge in [0.1, 0.15) is 24.1 Å². The van der Waals surface area contributed by atoms with E-state index in [1.54, 1.807) is 31.5 Å². The van der Waals surface area contributed by atoms with Gasteiger partial charge in [0.2, 0.25) is 5.88 Å². The summed E-state index contributed by atoms with van der Waals surface area (Å²) in [6.07, 6.45) is 4.67. The van der Waals surface area contributed by atoms with Gasteiger partial charge in [-0.2, -0.15) is 0 Å². The van der Waals surface area contributed by atoms with Crippen LogP contribution in [0, 0.1) is 0 Å². The number of carbonyl (C=O) groups excluding carboxylic acids is 1. The maximum atomic E-state index is 13.7. The molecule has 4 rings (SSSR count). The third kappa shape index (κ3) is 4.88. The molecule has 0 radical (unpaired) electrons. The molecule has 9 heteroatoms. The average molecular weight is 448 g/mol. The Labute approximate surface area is 190 Å². The van der Waals surface area contributed by atoms with Crippen LogP contribution < -0.4 is 19.5 Å². The largest absolute Gasteiger partial charge is 0.497 e. The van der Waals surface area contributed by atoms with Gasteiger partial charge in [0.25, 0.3) is 0 Å². The number of hydrogen-bond donors (Lipinski definition) is 3. The summed E-state index contributed by atoms with van der Waals surface area (Å²) in [6, 6.07) is 11.9. The highest BCUT2D eigenvalue weighted by Crippen LogP contribution is 2.31. The Bertz CT molecular complexity index is 1240. The van der Waals surface area contributed by atoms with Crippen LogP contribution in [0.15, 0.2) is 61.1 Å². The number of Topliss-reactive ketones (excluding diaryl/α,β-unsaturated/α-hetero) is 1. The Morgan fingerprint density at radius 2 is 1.91 bits per heavy atom. The Morgan fingerprint density at radius 1 is 1.09 bits per heavy atom. The van der Waals surface area contributed by atoms with Crippen molar-refractivity contribution in [2.45, 2.75) is 6.04 Å². The molecule has 0 bridgehead atoms. The number of nitrogens with zero attached hydrogens (tertiary/aromatic N) is 2. The molecule has 0 aliphatic rings. The first-order valence-electron chi connectivity index (χ1n) is 10.3. The fourth-order valence-electron chi connectivity index (χ4n) is 3.47. The Morgan fingerprint density at radius 3 is 2.64 bits per heavy atom. The van der Waals surface area contributed by atoms with Gasteiger partial charge in [-0.3, -0.25) is 9.78 Å². The number of ketones is 1. The van der Waals surface area contributed by atoms with Crippen LogP contribution in [0.3, 0.4) is 0 Å². The van der Waals surface area contributed by atoms with Gasteiger partial charge in [-0.05, 0) is 6.07 Å². The van der Waals surface area contributed by atoms with Crippen LogP contribution in [0.1, 0.15) is 22.1 Å². The standard InChI is InChI=1S/C24H24N4O5/c1-31-16-9-15(10-17(11-16)33-8-7-29)28-23(21-13-27-22(32-2)14-26-21)24(30)19-12-25-20-6-4-3-5-18(19)20/h3-6,9-14,23,25,28-29H,7-8H2,1-2H3. The minimum atomic E-state index is -0.847. The molecule has 0 spiro atoms. The van der Waals surface area contributed by atoms with Crippen molar-refractivity contribution in [1.82, 2.24) is 15.0 Å². The monoisotopic (exact) mass is 448 g/mol. The molecule has 0 fully saturated rings. The summed E-state index contributed by atoms with van der Waals surface area (Å²) in [5.74, 6) is 1.18. The summed E-state index contributed by atoms with van der Waals surface area (Å²) in [7, 11) is 3.04. The second kappa shape index (κ2) is 10.0. The predicted octanol–water partition coefficient (Wildman–Crippen LogP) is 3.38. The van der Waals surface area contributed by atoms with Crippen LogP contribution in [0.4, 0.5) is 5.69 Å². The molecule has 1 unspecified atom stereocenters. The molecule has 9 nitrogen and oxygen atoms in total. The van der Waals surface area contributed by atoms with Gasteiger partial charge in [-0.15, -0.1) is 0 Å². The number of hydrogen-bond acceptors (Lipinski definition) is 8. The topological polar surface area (TPSA) is 119 Å². The molecular formula is C24H24N4O5. The number of methoxy groups -OCH3 is 2. The van der Waals surface area contributed by atoms with Crippen molar-refractivity contribution in [3.05, 3.63) is 72.3 Å². The van der Waals surface area contributed by atoms with Gasteiger partial charge in [0, 0.05) is 46.5 Å². The highest BCUT2D eigenvalue weighted by molar-refractivity contribution is 6.11. The van der Waals surface area contributed by atoms with Crippen molar-refractivity contribution < 1.29 is 24.1 Å². The fourth-order valence-corrected chi connectivity index (χ4v) is 3.47. The number of anilines is 1. The van der Waals surface area contributed by atoms with E-state index in [1.165, 1.54) is 19.5 Å². The molecule has 33 heavy (non-hydrogen) atoms. The molecule has 4 aromatic rings. The summed E-state index contributed by atoms with van der Waals surface area (Å²) >= 11 is 0. The summed E-state index contributed by atoms with van der Waals surface area (Å²) in [6.45, 7) is 0.0113. The number of H-pyrrole nitrogens is 1. The molecule has 2 aromatic carbocycles.